The van der Waals surface area contributed by atoms with Crippen molar-refractivity contribution in [3.8, 4) is 0 Å². The first-order valence-electron chi connectivity index (χ1n) is 6.91. The molecule has 1 aromatic carbocycles. The molecule has 110 valence electrons. The van der Waals surface area contributed by atoms with Gasteiger partial charge in [-0.05, 0) is 36.9 Å². The summed E-state index contributed by atoms with van der Waals surface area (Å²) < 4.78 is 25.9. The van der Waals surface area contributed by atoms with E-state index < -0.39 is 9.84 Å². The number of benzene rings is 1. The molecule has 2 aromatic rings. The number of fused-ring (bicyclic) bond motifs is 1. The minimum atomic E-state index is -3.04. The summed E-state index contributed by atoms with van der Waals surface area (Å²) in [6.07, 6.45) is 0. The average Bonchev–Trinajstić information content (AvgIpc) is 2.74. The first-order valence-corrected chi connectivity index (χ1v) is 8.73. The van der Waals surface area contributed by atoms with Crippen molar-refractivity contribution >= 4 is 20.7 Å². The fourth-order valence-corrected chi connectivity index (χ4v) is 3.38. The molecule has 4 nitrogen and oxygen atoms in total. The van der Waals surface area contributed by atoms with Gasteiger partial charge in [0.25, 0.3) is 0 Å². The highest BCUT2D eigenvalue weighted by atomic mass is 32.2. The molecule has 0 spiro atoms. The largest absolute Gasteiger partial charge is 0.341 e. The maximum absolute atomic E-state index is 11.9. The lowest BCUT2D eigenvalue weighted by molar-refractivity contribution is 0.582. The zero-order chi connectivity index (χ0) is 14.9. The summed E-state index contributed by atoms with van der Waals surface area (Å²) in [5.74, 6) is 0.259. The maximum atomic E-state index is 11.9. The third-order valence-corrected chi connectivity index (χ3v) is 5.16. The van der Waals surface area contributed by atoms with Gasteiger partial charge >= 0.3 is 0 Å². The van der Waals surface area contributed by atoms with E-state index in [-0.39, 0.29) is 17.5 Å². The molecule has 0 amide bonds. The molecule has 0 atom stereocenters. The van der Waals surface area contributed by atoms with Crippen LogP contribution in [0.5, 0.6) is 0 Å². The highest BCUT2D eigenvalue weighted by Gasteiger charge is 2.17. The van der Waals surface area contributed by atoms with E-state index >= 15 is 0 Å². The van der Waals surface area contributed by atoms with Gasteiger partial charge in [-0.25, -0.2) is 8.42 Å². The predicted octanol–water partition coefficient (Wildman–Crippen LogP) is 2.62. The smallest absolute Gasteiger partial charge is 0.155 e. The highest BCUT2D eigenvalue weighted by molar-refractivity contribution is 7.90. The van der Waals surface area contributed by atoms with E-state index in [0.29, 0.717) is 6.54 Å². The van der Waals surface area contributed by atoms with Crippen LogP contribution in [0.2, 0.25) is 0 Å². The Morgan fingerprint density at radius 1 is 1.25 bits per heavy atom. The van der Waals surface area contributed by atoms with E-state index in [9.17, 15) is 8.42 Å². The summed E-state index contributed by atoms with van der Waals surface area (Å²) in [7, 11) is -3.04. The summed E-state index contributed by atoms with van der Waals surface area (Å²) in [4.78, 5) is 0. The zero-order valence-electron chi connectivity index (χ0n) is 12.3. The summed E-state index contributed by atoms with van der Waals surface area (Å²) in [6, 6.07) is 8.24. The molecule has 0 saturated heterocycles. The van der Waals surface area contributed by atoms with Crippen LogP contribution in [0.3, 0.4) is 0 Å². The van der Waals surface area contributed by atoms with E-state index in [1.807, 2.05) is 18.2 Å². The van der Waals surface area contributed by atoms with Crippen molar-refractivity contribution in [3.05, 3.63) is 35.5 Å². The quantitative estimate of drug-likeness (QED) is 0.922. The number of aromatic nitrogens is 1. The van der Waals surface area contributed by atoms with E-state index in [1.165, 1.54) is 0 Å². The molecule has 2 rings (SSSR count). The van der Waals surface area contributed by atoms with Crippen LogP contribution in [0.1, 0.15) is 38.1 Å². The van der Waals surface area contributed by atoms with E-state index in [0.717, 1.165) is 22.2 Å². The lowest BCUT2D eigenvalue weighted by atomic mass is 10.1. The van der Waals surface area contributed by atoms with E-state index in [4.69, 9.17) is 5.73 Å². The molecule has 20 heavy (non-hydrogen) atoms. The van der Waals surface area contributed by atoms with Crippen LogP contribution in [0.4, 0.5) is 0 Å². The molecular formula is C15H22N2O2S. The molecule has 2 N–H and O–H groups in total. The lowest BCUT2D eigenvalue weighted by Gasteiger charge is -2.15. The third kappa shape index (κ3) is 2.88. The van der Waals surface area contributed by atoms with Gasteiger partial charge in [-0.1, -0.05) is 19.1 Å². The van der Waals surface area contributed by atoms with Gasteiger partial charge in [0.1, 0.15) is 0 Å². The van der Waals surface area contributed by atoms with Crippen molar-refractivity contribution in [2.45, 2.75) is 39.1 Å². The Bertz CT molecular complexity index is 715. The third-order valence-electron chi connectivity index (χ3n) is 3.55. The Balaban J connectivity index is 2.63. The van der Waals surface area contributed by atoms with Crippen molar-refractivity contribution in [1.82, 2.24) is 4.57 Å². The summed E-state index contributed by atoms with van der Waals surface area (Å²) in [6.45, 7) is 6.30. The molecule has 0 radical (unpaired) electrons. The van der Waals surface area contributed by atoms with Crippen LogP contribution in [0.15, 0.2) is 24.3 Å². The molecule has 0 saturated carbocycles. The zero-order valence-corrected chi connectivity index (χ0v) is 13.1. The first-order chi connectivity index (χ1) is 9.38. The fourth-order valence-electron chi connectivity index (χ4n) is 2.50. The number of rotatable bonds is 5. The van der Waals surface area contributed by atoms with E-state index in [1.54, 1.807) is 6.92 Å². The molecule has 1 aromatic heterocycles. The topological polar surface area (TPSA) is 65.1 Å². The predicted molar refractivity (Wildman–Crippen MR) is 83.4 cm³/mol. The van der Waals surface area contributed by atoms with Crippen molar-refractivity contribution in [3.63, 3.8) is 0 Å². The number of hydrogen-bond donors (Lipinski definition) is 1. The van der Waals surface area contributed by atoms with Gasteiger partial charge in [0.2, 0.25) is 0 Å². The maximum Gasteiger partial charge on any atom is 0.155 e. The Morgan fingerprint density at radius 2 is 1.95 bits per heavy atom. The monoisotopic (exact) mass is 294 g/mol. The lowest BCUT2D eigenvalue weighted by Crippen LogP contribution is -2.12. The Kier molecular flexibility index (Phi) is 4.20. The highest BCUT2D eigenvalue weighted by Crippen LogP contribution is 2.26. The molecule has 0 aliphatic rings. The minimum absolute atomic E-state index is 0.0916. The first kappa shape index (κ1) is 15.1. The SMILES string of the molecule is CCS(=O)(=O)Cc1cc2ccc(CN)cc2n1C(C)C. The minimum Gasteiger partial charge on any atom is -0.341 e. The van der Waals surface area contributed by atoms with Gasteiger partial charge in [0.15, 0.2) is 9.84 Å². The standard InChI is InChI=1S/C15H22N2O2S/c1-4-20(18,19)10-14-8-13-6-5-12(9-16)7-15(13)17(14)11(2)3/h5-8,11H,4,9-10,16H2,1-3H3. The number of nitrogens with two attached hydrogens (primary N) is 1. The van der Waals surface area contributed by atoms with Crippen LogP contribution in [0.25, 0.3) is 10.9 Å². The number of hydrogen-bond acceptors (Lipinski definition) is 3. The average molecular weight is 294 g/mol. The van der Waals surface area contributed by atoms with Crippen molar-refractivity contribution < 1.29 is 8.42 Å². The van der Waals surface area contributed by atoms with Gasteiger partial charge in [-0.3, -0.25) is 0 Å². The molecule has 0 aliphatic carbocycles. The fraction of sp³-hybridized carbons (Fsp3) is 0.467. The molecule has 5 heteroatoms. The van der Waals surface area contributed by atoms with Gasteiger partial charge in [0, 0.05) is 29.6 Å². The van der Waals surface area contributed by atoms with Crippen molar-refractivity contribution in [2.24, 2.45) is 5.73 Å². The molecule has 1 heterocycles. The van der Waals surface area contributed by atoms with Crippen molar-refractivity contribution in [2.75, 3.05) is 5.75 Å². The Hall–Kier alpha value is -1.33. The summed E-state index contributed by atoms with van der Waals surface area (Å²) in [5.41, 5.74) is 8.66. The Morgan fingerprint density at radius 3 is 2.50 bits per heavy atom. The van der Waals surface area contributed by atoms with Crippen LogP contribution < -0.4 is 5.73 Å². The Labute approximate surface area is 120 Å². The van der Waals surface area contributed by atoms with Crippen LogP contribution >= 0.6 is 0 Å². The molecule has 0 aliphatic heterocycles. The normalized spacial score (nSPS) is 12.4. The van der Waals surface area contributed by atoms with Gasteiger partial charge in [0.05, 0.1) is 5.75 Å². The van der Waals surface area contributed by atoms with Gasteiger partial charge in [-0.15, -0.1) is 0 Å². The second-order valence-corrected chi connectivity index (χ2v) is 7.73. The van der Waals surface area contributed by atoms with Crippen LogP contribution in [-0.4, -0.2) is 18.7 Å². The summed E-state index contributed by atoms with van der Waals surface area (Å²) in [5, 5.41) is 1.07. The molecule has 0 fully saturated rings. The van der Waals surface area contributed by atoms with E-state index in [2.05, 4.69) is 24.5 Å². The molecule has 0 bridgehead atoms. The second-order valence-electron chi connectivity index (χ2n) is 5.37. The molecular weight excluding hydrogens is 272 g/mol. The second kappa shape index (κ2) is 5.58. The van der Waals surface area contributed by atoms with Crippen molar-refractivity contribution in [1.29, 1.82) is 0 Å². The number of nitrogens with zero attached hydrogens (tertiary/aromatic N) is 1. The van der Waals surface area contributed by atoms with Gasteiger partial charge in [-0.2, -0.15) is 0 Å². The van der Waals surface area contributed by atoms with Gasteiger partial charge < -0.3 is 10.3 Å². The van der Waals surface area contributed by atoms with Crippen LogP contribution in [-0.2, 0) is 22.1 Å². The molecule has 0 unspecified atom stereocenters. The van der Waals surface area contributed by atoms with Crippen LogP contribution in [0, 0.1) is 0 Å². The number of sulfone groups is 1. The summed E-state index contributed by atoms with van der Waals surface area (Å²) >= 11 is 0.